The molecule has 0 aliphatic heterocycles. The number of para-hydroxylation sites is 1. The highest BCUT2D eigenvalue weighted by molar-refractivity contribution is 7.85. The zero-order valence-corrected chi connectivity index (χ0v) is 14.6. The van der Waals surface area contributed by atoms with Crippen LogP contribution in [-0.2, 0) is 10.1 Å². The SMILES string of the molecule is O=S(=O)(O)c1ccc(O)c(N/N=C(/N=Nc2ccccc2O)c2nn[nH]n2)c1. The molecule has 144 valence electrons. The summed E-state index contributed by atoms with van der Waals surface area (Å²) in [5.74, 6) is -0.739. The number of amidine groups is 1. The zero-order chi connectivity index (χ0) is 20.1. The van der Waals surface area contributed by atoms with Crippen LogP contribution in [0.3, 0.4) is 0 Å². The molecule has 28 heavy (non-hydrogen) atoms. The number of hydrazone groups is 1. The number of aromatic hydroxyl groups is 2. The molecule has 0 bridgehead atoms. The van der Waals surface area contributed by atoms with Crippen molar-refractivity contribution in [2.75, 3.05) is 5.43 Å². The summed E-state index contributed by atoms with van der Waals surface area (Å²) >= 11 is 0. The zero-order valence-electron chi connectivity index (χ0n) is 13.8. The van der Waals surface area contributed by atoms with E-state index in [1.165, 1.54) is 12.1 Å². The summed E-state index contributed by atoms with van der Waals surface area (Å²) in [5, 5.41) is 44.1. The topological polar surface area (TPSA) is 198 Å². The van der Waals surface area contributed by atoms with E-state index in [9.17, 15) is 18.6 Å². The summed E-state index contributed by atoms with van der Waals surface area (Å²) < 4.78 is 31.6. The average Bonchev–Trinajstić information content (AvgIpc) is 3.18. The van der Waals surface area contributed by atoms with Crippen LogP contribution in [0.1, 0.15) is 5.82 Å². The Morgan fingerprint density at radius 3 is 2.57 bits per heavy atom. The number of anilines is 1. The van der Waals surface area contributed by atoms with Crippen LogP contribution < -0.4 is 5.43 Å². The number of H-pyrrole nitrogens is 1. The van der Waals surface area contributed by atoms with Gasteiger partial charge < -0.3 is 10.2 Å². The lowest BCUT2D eigenvalue weighted by Gasteiger charge is -2.06. The number of benzene rings is 2. The molecule has 0 fully saturated rings. The second-order valence-corrected chi connectivity index (χ2v) is 6.55. The van der Waals surface area contributed by atoms with Crippen molar-refractivity contribution in [3.8, 4) is 11.5 Å². The van der Waals surface area contributed by atoms with E-state index in [1.54, 1.807) is 12.1 Å². The monoisotopic (exact) mass is 404 g/mol. The number of tetrazole rings is 1. The van der Waals surface area contributed by atoms with Gasteiger partial charge in [-0.25, -0.2) is 0 Å². The summed E-state index contributed by atoms with van der Waals surface area (Å²) in [7, 11) is -4.48. The Morgan fingerprint density at radius 2 is 1.89 bits per heavy atom. The van der Waals surface area contributed by atoms with Crippen LogP contribution in [-0.4, -0.2) is 49.6 Å². The van der Waals surface area contributed by atoms with Gasteiger partial charge >= 0.3 is 0 Å². The first-order valence-electron chi connectivity index (χ1n) is 7.42. The fraction of sp³-hybridized carbons (Fsp3) is 0. The van der Waals surface area contributed by atoms with Crippen molar-refractivity contribution in [1.82, 2.24) is 20.6 Å². The molecule has 14 heteroatoms. The molecule has 0 spiro atoms. The Bertz CT molecular complexity index is 1140. The van der Waals surface area contributed by atoms with Crippen molar-refractivity contribution < 1.29 is 23.2 Å². The van der Waals surface area contributed by atoms with Crippen LogP contribution in [0.25, 0.3) is 0 Å². The van der Waals surface area contributed by atoms with Crippen LogP contribution in [0.2, 0.25) is 0 Å². The van der Waals surface area contributed by atoms with Gasteiger partial charge in [0.15, 0.2) is 0 Å². The predicted molar refractivity (Wildman–Crippen MR) is 94.9 cm³/mol. The number of hydrogen-bond donors (Lipinski definition) is 5. The molecule has 3 rings (SSSR count). The van der Waals surface area contributed by atoms with Crippen LogP contribution in [0.15, 0.2) is 62.7 Å². The fourth-order valence-electron chi connectivity index (χ4n) is 1.90. The summed E-state index contributed by atoms with van der Waals surface area (Å²) in [6.07, 6.45) is 0. The maximum absolute atomic E-state index is 11.2. The number of phenolic OH excluding ortho intramolecular Hbond substituents is 2. The molecule has 0 aliphatic carbocycles. The molecule has 2 aromatic carbocycles. The average molecular weight is 404 g/mol. The Balaban J connectivity index is 1.94. The minimum Gasteiger partial charge on any atom is -0.506 e. The third kappa shape index (κ3) is 4.43. The molecule has 0 aliphatic rings. The Morgan fingerprint density at radius 1 is 1.11 bits per heavy atom. The van der Waals surface area contributed by atoms with Gasteiger partial charge in [0.2, 0.25) is 11.7 Å². The minimum atomic E-state index is -4.48. The molecular formula is C14H12N8O5S. The third-order valence-corrected chi connectivity index (χ3v) is 4.08. The quantitative estimate of drug-likeness (QED) is 0.104. The lowest BCUT2D eigenvalue weighted by Crippen LogP contribution is -2.05. The van der Waals surface area contributed by atoms with Gasteiger partial charge in [-0.05, 0) is 35.5 Å². The second-order valence-electron chi connectivity index (χ2n) is 5.13. The van der Waals surface area contributed by atoms with Crippen LogP contribution in [0.5, 0.6) is 11.5 Å². The molecule has 0 saturated carbocycles. The van der Waals surface area contributed by atoms with Crippen LogP contribution in [0, 0.1) is 0 Å². The highest BCUT2D eigenvalue weighted by Gasteiger charge is 2.14. The molecular weight excluding hydrogens is 392 g/mol. The summed E-state index contributed by atoms with van der Waals surface area (Å²) in [5.41, 5.74) is 2.39. The van der Waals surface area contributed by atoms with Crippen molar-refractivity contribution in [3.63, 3.8) is 0 Å². The number of azo groups is 1. The van der Waals surface area contributed by atoms with Crippen molar-refractivity contribution >= 4 is 27.3 Å². The van der Waals surface area contributed by atoms with Crippen molar-refractivity contribution in [3.05, 3.63) is 48.3 Å². The fourth-order valence-corrected chi connectivity index (χ4v) is 2.41. The third-order valence-electron chi connectivity index (χ3n) is 3.23. The maximum Gasteiger partial charge on any atom is 0.294 e. The largest absolute Gasteiger partial charge is 0.506 e. The van der Waals surface area contributed by atoms with E-state index in [4.69, 9.17) is 4.55 Å². The highest BCUT2D eigenvalue weighted by Crippen LogP contribution is 2.27. The van der Waals surface area contributed by atoms with Crippen molar-refractivity contribution in [2.45, 2.75) is 4.90 Å². The van der Waals surface area contributed by atoms with E-state index in [0.29, 0.717) is 0 Å². The number of nitrogens with zero attached hydrogens (tertiary/aromatic N) is 6. The van der Waals surface area contributed by atoms with Crippen LogP contribution >= 0.6 is 0 Å². The van der Waals surface area contributed by atoms with E-state index >= 15 is 0 Å². The van der Waals surface area contributed by atoms with Crippen molar-refractivity contribution in [1.29, 1.82) is 0 Å². The van der Waals surface area contributed by atoms with E-state index in [2.05, 4.69) is 41.4 Å². The van der Waals surface area contributed by atoms with E-state index in [0.717, 1.165) is 18.2 Å². The molecule has 0 amide bonds. The normalized spacial score (nSPS) is 12.4. The van der Waals surface area contributed by atoms with Gasteiger partial charge in [0.25, 0.3) is 10.1 Å². The summed E-state index contributed by atoms with van der Waals surface area (Å²) in [6, 6.07) is 9.18. The molecule has 5 N–H and O–H groups in total. The van der Waals surface area contributed by atoms with Gasteiger partial charge in [-0.15, -0.1) is 25.5 Å². The van der Waals surface area contributed by atoms with Gasteiger partial charge in [-0.3, -0.25) is 9.98 Å². The van der Waals surface area contributed by atoms with Gasteiger partial charge in [-0.1, -0.05) is 12.1 Å². The minimum absolute atomic E-state index is 0.0721. The van der Waals surface area contributed by atoms with Gasteiger partial charge in [0, 0.05) is 0 Å². The molecule has 1 aromatic heterocycles. The highest BCUT2D eigenvalue weighted by atomic mass is 32.2. The molecule has 13 nitrogen and oxygen atoms in total. The first kappa shape index (κ1) is 18.9. The Hall–Kier alpha value is -3.91. The Labute approximate surface area is 157 Å². The number of nitrogens with one attached hydrogen (secondary N) is 2. The number of aromatic nitrogens is 4. The van der Waals surface area contributed by atoms with E-state index in [-0.39, 0.29) is 34.5 Å². The van der Waals surface area contributed by atoms with E-state index in [1.807, 2.05) is 0 Å². The summed E-state index contributed by atoms with van der Waals surface area (Å²) in [4.78, 5) is -0.458. The molecule has 0 radical (unpaired) electrons. The lowest BCUT2D eigenvalue weighted by atomic mass is 10.3. The van der Waals surface area contributed by atoms with Gasteiger partial charge in [-0.2, -0.15) is 13.6 Å². The molecule has 3 aromatic rings. The molecule has 0 saturated heterocycles. The standard InChI is InChI=1S/C14H12N8O5S/c23-11-4-2-1-3-9(11)15-17-13(14-19-21-22-20-14)18-16-10-7-8(28(25,26)27)5-6-12(10)24/h1-7,16,23-24H,(H,25,26,27)(H,19,20,21,22)/b17-15?,18-13+. The Kier molecular flexibility index (Phi) is 5.23. The smallest absolute Gasteiger partial charge is 0.294 e. The molecule has 0 unspecified atom stereocenters. The first-order valence-corrected chi connectivity index (χ1v) is 8.86. The maximum atomic E-state index is 11.2. The van der Waals surface area contributed by atoms with Crippen LogP contribution in [0.4, 0.5) is 11.4 Å². The summed E-state index contributed by atoms with van der Waals surface area (Å²) in [6.45, 7) is 0. The van der Waals surface area contributed by atoms with Gasteiger partial charge in [0.1, 0.15) is 17.2 Å². The first-order chi connectivity index (χ1) is 13.3. The van der Waals surface area contributed by atoms with E-state index < -0.39 is 15.0 Å². The predicted octanol–water partition coefficient (Wildman–Crippen LogP) is 1.42. The molecule has 1 heterocycles. The van der Waals surface area contributed by atoms with Gasteiger partial charge in [0.05, 0.1) is 10.6 Å². The number of rotatable bonds is 5. The lowest BCUT2D eigenvalue weighted by molar-refractivity contribution is 0.474. The van der Waals surface area contributed by atoms with Crippen molar-refractivity contribution in [2.24, 2.45) is 15.3 Å². The number of hydrogen-bond acceptors (Lipinski definition) is 10. The number of aromatic amines is 1. The molecule has 0 atom stereocenters. The second kappa shape index (κ2) is 7.77. The number of phenols is 2.